The van der Waals surface area contributed by atoms with Crippen molar-refractivity contribution in [3.05, 3.63) is 41.0 Å². The SMILES string of the molecule is Cc1cnccc1NS(=O)(=O)c1ccc(C(N)=S)s1. The third-order valence-corrected chi connectivity index (χ3v) is 5.68. The fraction of sp³-hybridized carbons (Fsp3) is 0.0909. The van der Waals surface area contributed by atoms with Crippen molar-refractivity contribution in [1.29, 1.82) is 0 Å². The van der Waals surface area contributed by atoms with Crippen LogP contribution in [-0.2, 0) is 10.0 Å². The molecule has 2 rings (SSSR count). The third kappa shape index (κ3) is 3.09. The number of pyridine rings is 1. The van der Waals surface area contributed by atoms with Crippen molar-refractivity contribution < 1.29 is 8.42 Å². The van der Waals surface area contributed by atoms with Crippen molar-refractivity contribution in [2.75, 3.05) is 4.72 Å². The molecule has 2 aromatic heterocycles. The van der Waals surface area contributed by atoms with Crippen LogP contribution in [0.1, 0.15) is 10.4 Å². The fourth-order valence-electron chi connectivity index (χ4n) is 1.38. The Labute approximate surface area is 120 Å². The number of aryl methyl sites for hydroxylation is 1. The minimum absolute atomic E-state index is 0.173. The van der Waals surface area contributed by atoms with Crippen molar-refractivity contribution in [2.24, 2.45) is 5.73 Å². The number of nitrogens with zero attached hydrogens (tertiary/aromatic N) is 1. The number of hydrogen-bond acceptors (Lipinski definition) is 5. The first-order valence-corrected chi connectivity index (χ1v) is 7.94. The van der Waals surface area contributed by atoms with Gasteiger partial charge in [0, 0.05) is 12.4 Å². The van der Waals surface area contributed by atoms with E-state index in [9.17, 15) is 8.42 Å². The number of anilines is 1. The quantitative estimate of drug-likeness (QED) is 0.842. The number of rotatable bonds is 4. The summed E-state index contributed by atoms with van der Waals surface area (Å²) >= 11 is 5.85. The Hall–Kier alpha value is -1.51. The number of thiocarbonyl (C=S) groups is 1. The first-order valence-electron chi connectivity index (χ1n) is 5.23. The van der Waals surface area contributed by atoms with Crippen LogP contribution >= 0.6 is 23.6 Å². The van der Waals surface area contributed by atoms with Gasteiger partial charge in [-0.1, -0.05) is 12.2 Å². The van der Waals surface area contributed by atoms with E-state index in [2.05, 4.69) is 9.71 Å². The second-order valence-corrected chi connectivity index (χ2v) is 7.21. The van der Waals surface area contributed by atoms with E-state index in [1.165, 1.54) is 12.3 Å². The molecule has 0 radical (unpaired) electrons. The van der Waals surface area contributed by atoms with E-state index in [0.717, 1.165) is 16.9 Å². The molecule has 0 fully saturated rings. The Morgan fingerprint density at radius 3 is 2.74 bits per heavy atom. The Morgan fingerprint density at radius 2 is 2.16 bits per heavy atom. The Morgan fingerprint density at radius 1 is 1.42 bits per heavy atom. The summed E-state index contributed by atoms with van der Waals surface area (Å²) in [7, 11) is -3.62. The Balaban J connectivity index is 2.32. The predicted molar refractivity (Wildman–Crippen MR) is 80.0 cm³/mol. The molecule has 0 atom stereocenters. The van der Waals surface area contributed by atoms with E-state index in [4.69, 9.17) is 18.0 Å². The highest BCUT2D eigenvalue weighted by molar-refractivity contribution is 7.94. The standard InChI is InChI=1S/C11H11N3O2S3/c1-7-6-13-5-4-8(7)14-19(15,16)10-3-2-9(18-10)11(12)17/h2-6H,1H3,(H2,12,17)(H,13,14). The lowest BCUT2D eigenvalue weighted by Crippen LogP contribution is -2.12. The van der Waals surface area contributed by atoms with E-state index in [0.29, 0.717) is 10.6 Å². The molecule has 0 bridgehead atoms. The first-order chi connectivity index (χ1) is 8.90. The van der Waals surface area contributed by atoms with Crippen molar-refractivity contribution in [2.45, 2.75) is 11.1 Å². The van der Waals surface area contributed by atoms with Crippen LogP contribution in [0.4, 0.5) is 5.69 Å². The van der Waals surface area contributed by atoms with Gasteiger partial charge in [0.2, 0.25) is 0 Å². The molecular formula is C11H11N3O2S3. The van der Waals surface area contributed by atoms with Crippen LogP contribution in [-0.4, -0.2) is 18.4 Å². The largest absolute Gasteiger partial charge is 0.389 e. The summed E-state index contributed by atoms with van der Waals surface area (Å²) in [6.45, 7) is 1.78. The molecular weight excluding hydrogens is 302 g/mol. The molecule has 100 valence electrons. The van der Waals surface area contributed by atoms with E-state index in [1.54, 1.807) is 25.3 Å². The number of aromatic nitrogens is 1. The highest BCUT2D eigenvalue weighted by Crippen LogP contribution is 2.24. The smallest absolute Gasteiger partial charge is 0.271 e. The molecule has 2 heterocycles. The van der Waals surface area contributed by atoms with Gasteiger partial charge < -0.3 is 5.73 Å². The molecule has 3 N–H and O–H groups in total. The summed E-state index contributed by atoms with van der Waals surface area (Å²) in [6, 6.07) is 4.69. The van der Waals surface area contributed by atoms with E-state index in [-0.39, 0.29) is 9.20 Å². The lowest BCUT2D eigenvalue weighted by molar-refractivity contribution is 0.603. The molecule has 0 saturated heterocycles. The minimum Gasteiger partial charge on any atom is -0.389 e. The summed E-state index contributed by atoms with van der Waals surface area (Å²) < 4.78 is 27.1. The summed E-state index contributed by atoms with van der Waals surface area (Å²) in [5, 5.41) is 0. The average Bonchev–Trinajstić information content (AvgIpc) is 2.82. The normalized spacial score (nSPS) is 11.2. The second-order valence-electron chi connectivity index (χ2n) is 3.78. The third-order valence-electron chi connectivity index (χ3n) is 2.35. The summed E-state index contributed by atoms with van der Waals surface area (Å²) in [6.07, 6.45) is 3.12. The van der Waals surface area contributed by atoms with Gasteiger partial charge in [0.1, 0.15) is 9.20 Å². The van der Waals surface area contributed by atoms with E-state index in [1.807, 2.05) is 0 Å². The van der Waals surface area contributed by atoms with Crippen LogP contribution in [0, 0.1) is 6.92 Å². The van der Waals surface area contributed by atoms with Crippen LogP contribution in [0.5, 0.6) is 0 Å². The molecule has 19 heavy (non-hydrogen) atoms. The molecule has 0 aliphatic carbocycles. The maximum Gasteiger partial charge on any atom is 0.271 e. The maximum atomic E-state index is 12.2. The van der Waals surface area contributed by atoms with Gasteiger partial charge in [-0.3, -0.25) is 9.71 Å². The lowest BCUT2D eigenvalue weighted by Gasteiger charge is -2.08. The number of sulfonamides is 1. The zero-order chi connectivity index (χ0) is 14.0. The highest BCUT2D eigenvalue weighted by atomic mass is 32.2. The summed E-state index contributed by atoms with van der Waals surface area (Å²) in [5.41, 5.74) is 6.71. The molecule has 2 aromatic rings. The van der Waals surface area contributed by atoms with Gasteiger partial charge in [-0.05, 0) is 30.7 Å². The van der Waals surface area contributed by atoms with Crippen molar-refractivity contribution in [3.8, 4) is 0 Å². The molecule has 8 heteroatoms. The molecule has 5 nitrogen and oxygen atoms in total. The van der Waals surface area contributed by atoms with Gasteiger partial charge in [-0.2, -0.15) is 0 Å². The number of thiophene rings is 1. The second kappa shape index (κ2) is 5.24. The lowest BCUT2D eigenvalue weighted by atomic mass is 10.3. The molecule has 0 aliphatic heterocycles. The first kappa shape index (κ1) is 13.9. The minimum atomic E-state index is -3.62. The van der Waals surface area contributed by atoms with Gasteiger partial charge >= 0.3 is 0 Å². The topological polar surface area (TPSA) is 85.1 Å². The predicted octanol–water partition coefficient (Wildman–Crippen LogP) is 1.89. The van der Waals surface area contributed by atoms with Crippen LogP contribution in [0.25, 0.3) is 0 Å². The highest BCUT2D eigenvalue weighted by Gasteiger charge is 2.18. The zero-order valence-electron chi connectivity index (χ0n) is 9.95. The van der Waals surface area contributed by atoms with Crippen molar-refractivity contribution >= 4 is 44.3 Å². The van der Waals surface area contributed by atoms with Crippen LogP contribution in [0.15, 0.2) is 34.8 Å². The Bertz CT molecular complexity index is 722. The van der Waals surface area contributed by atoms with Crippen molar-refractivity contribution in [3.63, 3.8) is 0 Å². The average molecular weight is 313 g/mol. The Kier molecular flexibility index (Phi) is 3.83. The van der Waals surface area contributed by atoms with Gasteiger partial charge in [-0.25, -0.2) is 8.42 Å². The molecule has 0 aromatic carbocycles. The zero-order valence-corrected chi connectivity index (χ0v) is 12.4. The van der Waals surface area contributed by atoms with Crippen LogP contribution < -0.4 is 10.5 Å². The van der Waals surface area contributed by atoms with Crippen LogP contribution in [0.3, 0.4) is 0 Å². The molecule has 0 amide bonds. The molecule has 0 saturated carbocycles. The molecule has 0 spiro atoms. The van der Waals surface area contributed by atoms with Crippen LogP contribution in [0.2, 0.25) is 0 Å². The monoisotopic (exact) mass is 313 g/mol. The summed E-state index contributed by atoms with van der Waals surface area (Å²) in [5.74, 6) is 0. The van der Waals surface area contributed by atoms with Gasteiger partial charge in [0.15, 0.2) is 0 Å². The number of nitrogens with two attached hydrogens (primary N) is 1. The van der Waals surface area contributed by atoms with E-state index < -0.39 is 10.0 Å². The van der Waals surface area contributed by atoms with E-state index >= 15 is 0 Å². The molecule has 0 unspecified atom stereocenters. The molecule has 0 aliphatic rings. The maximum absolute atomic E-state index is 12.2. The fourth-order valence-corrected chi connectivity index (χ4v) is 3.86. The van der Waals surface area contributed by atoms with Gasteiger partial charge in [-0.15, -0.1) is 11.3 Å². The van der Waals surface area contributed by atoms with Gasteiger partial charge in [0.05, 0.1) is 10.6 Å². The number of hydrogen-bond donors (Lipinski definition) is 2. The van der Waals surface area contributed by atoms with Gasteiger partial charge in [0.25, 0.3) is 10.0 Å². The number of nitrogens with one attached hydrogen (secondary N) is 1. The summed E-state index contributed by atoms with van der Waals surface area (Å²) in [4.78, 5) is 4.67. The van der Waals surface area contributed by atoms with Crippen molar-refractivity contribution in [1.82, 2.24) is 4.98 Å².